The first-order chi connectivity index (χ1) is 17.0. The number of hydrogen-bond donors (Lipinski definition) is 0. The van der Waals surface area contributed by atoms with Gasteiger partial charge in [0.05, 0.1) is 11.4 Å². The van der Waals surface area contributed by atoms with Crippen LogP contribution >= 0.6 is 12.4 Å². The van der Waals surface area contributed by atoms with Gasteiger partial charge in [-0.1, -0.05) is 23.4 Å². The molecule has 3 unspecified atom stereocenters. The number of anilines is 1. The highest BCUT2D eigenvalue weighted by Gasteiger charge is 2.40. The van der Waals surface area contributed by atoms with Crippen molar-refractivity contribution < 1.29 is 24.0 Å². The summed E-state index contributed by atoms with van der Waals surface area (Å²) >= 11 is 0. The van der Waals surface area contributed by atoms with Gasteiger partial charge in [0.15, 0.2) is 5.58 Å². The molecule has 0 spiro atoms. The average Bonchev–Trinajstić information content (AvgIpc) is 3.50. The van der Waals surface area contributed by atoms with E-state index in [1.165, 1.54) is 17.7 Å². The monoisotopic (exact) mass is 529 g/mol. The zero-order chi connectivity index (χ0) is 24.1. The molecule has 0 aliphatic carbocycles. The number of piperidine rings is 1. The van der Waals surface area contributed by atoms with Crippen LogP contribution in [-0.2, 0) is 22.4 Å². The molecule has 3 aliphatic heterocycles. The van der Waals surface area contributed by atoms with Crippen LogP contribution in [0.2, 0.25) is 0 Å². The molecule has 3 atom stereocenters. The Morgan fingerprint density at radius 3 is 2.86 bits per heavy atom. The average molecular weight is 530 g/mol. The molecule has 2 N–H and O–H groups in total. The normalized spacial score (nSPS) is 21.8. The highest BCUT2D eigenvalue weighted by atomic mass is 35.5. The van der Waals surface area contributed by atoms with Crippen molar-refractivity contribution in [3.8, 4) is 0 Å². The minimum Gasteiger partial charge on any atom is -0.412 e. The molecule has 0 radical (unpaired) electrons. The molecule has 1 aromatic heterocycles. The van der Waals surface area contributed by atoms with Crippen molar-refractivity contribution >= 4 is 40.8 Å². The first-order valence-electron chi connectivity index (χ1n) is 12.7. The highest BCUT2D eigenvalue weighted by molar-refractivity contribution is 6.11. The van der Waals surface area contributed by atoms with Crippen molar-refractivity contribution in [3.63, 3.8) is 0 Å². The summed E-state index contributed by atoms with van der Waals surface area (Å²) in [6.07, 6.45) is 4.58. The maximum atomic E-state index is 13.5. The van der Waals surface area contributed by atoms with E-state index in [2.05, 4.69) is 29.1 Å². The third-order valence-electron chi connectivity index (χ3n) is 8.19. The van der Waals surface area contributed by atoms with E-state index in [0.717, 1.165) is 61.1 Å². The van der Waals surface area contributed by atoms with E-state index in [9.17, 15) is 14.0 Å². The second-order valence-corrected chi connectivity index (χ2v) is 10.3. The fourth-order valence-corrected chi connectivity index (χ4v) is 6.23. The van der Waals surface area contributed by atoms with Crippen LogP contribution in [-0.4, -0.2) is 52.9 Å². The second kappa shape index (κ2) is 10.9. The Labute approximate surface area is 221 Å². The fraction of sp³-hybridized carbons (Fsp3) is 0.464. The molecule has 6 rings (SSSR count). The summed E-state index contributed by atoms with van der Waals surface area (Å²) in [5.74, 6) is -0.627. The topological polar surface area (TPSA) is 98.2 Å². The summed E-state index contributed by atoms with van der Waals surface area (Å²) in [6, 6.07) is 11.0. The molecule has 3 aliphatic rings. The molecule has 9 heteroatoms. The van der Waals surface area contributed by atoms with Crippen molar-refractivity contribution in [2.24, 2.45) is 5.92 Å². The van der Waals surface area contributed by atoms with Gasteiger partial charge in [0.1, 0.15) is 17.5 Å². The Morgan fingerprint density at radius 1 is 1.22 bits per heavy atom. The smallest absolute Gasteiger partial charge is 0.237 e. The number of nitrogens with zero attached hydrogens (tertiary/aromatic N) is 3. The number of aromatic nitrogens is 1. The van der Waals surface area contributed by atoms with Crippen LogP contribution in [0.1, 0.15) is 55.3 Å². The minimum atomic E-state index is -0.556. The van der Waals surface area contributed by atoms with E-state index in [-0.39, 0.29) is 47.4 Å². The lowest BCUT2D eigenvalue weighted by Gasteiger charge is -2.36. The lowest BCUT2D eigenvalue weighted by molar-refractivity contribution is -0.133. The second-order valence-electron chi connectivity index (χ2n) is 10.3. The summed E-state index contributed by atoms with van der Waals surface area (Å²) in [5, 5.41) is 5.15. The van der Waals surface area contributed by atoms with E-state index in [1.54, 1.807) is 6.07 Å². The summed E-state index contributed by atoms with van der Waals surface area (Å²) < 4.78 is 18.9. The van der Waals surface area contributed by atoms with Crippen molar-refractivity contribution in [1.29, 1.82) is 0 Å². The number of ketones is 1. The standard InChI is InChI=1S/C28H30FN3O3.ClH.H2O/c1-17(31-12-3-6-20(16-31)26-22-9-8-21(29)15-25(22)35-30-26)7-10-24(33)23-14-19-5-2-4-18-11-13-32(27(18)19)28(23)34;;/h2,4-5,8-9,15,17,20,23H,3,6-7,10-14,16H2,1H3;1H;1H2. The summed E-state index contributed by atoms with van der Waals surface area (Å²) in [7, 11) is 0. The van der Waals surface area contributed by atoms with Crippen molar-refractivity contribution in [2.75, 3.05) is 24.5 Å². The van der Waals surface area contributed by atoms with E-state index in [4.69, 9.17) is 4.52 Å². The van der Waals surface area contributed by atoms with E-state index < -0.39 is 5.92 Å². The van der Waals surface area contributed by atoms with Gasteiger partial charge >= 0.3 is 0 Å². The molecule has 7 nitrogen and oxygen atoms in total. The third-order valence-corrected chi connectivity index (χ3v) is 8.19. The molecular weight excluding hydrogens is 497 g/mol. The maximum Gasteiger partial charge on any atom is 0.237 e. The summed E-state index contributed by atoms with van der Waals surface area (Å²) in [5.41, 5.74) is 4.78. The van der Waals surface area contributed by atoms with E-state index >= 15 is 0 Å². The number of carbonyl (C=O) groups excluding carboxylic acids is 2. The Bertz CT molecular complexity index is 1310. The zero-order valence-electron chi connectivity index (χ0n) is 20.9. The van der Waals surface area contributed by atoms with Gasteiger partial charge in [0, 0.05) is 42.9 Å². The van der Waals surface area contributed by atoms with Gasteiger partial charge in [-0.3, -0.25) is 14.5 Å². The number of fused-ring (bicyclic) bond motifs is 1. The molecule has 0 saturated carbocycles. The largest absolute Gasteiger partial charge is 0.412 e. The van der Waals surface area contributed by atoms with Gasteiger partial charge in [-0.15, -0.1) is 12.4 Å². The SMILES string of the molecule is CC(CCC(=O)C1Cc2cccc3c2N(CC3)C1=O)N1CCCC(c2noc3cc(F)ccc23)C1.Cl.O. The van der Waals surface area contributed by atoms with Gasteiger partial charge < -0.3 is 14.9 Å². The van der Waals surface area contributed by atoms with Gasteiger partial charge in [-0.05, 0) is 68.8 Å². The molecule has 1 amide bonds. The third kappa shape index (κ3) is 4.90. The van der Waals surface area contributed by atoms with Crippen LogP contribution < -0.4 is 4.90 Å². The van der Waals surface area contributed by atoms with E-state index in [0.29, 0.717) is 25.0 Å². The molecule has 2 aromatic carbocycles. The zero-order valence-corrected chi connectivity index (χ0v) is 21.7. The Hall–Kier alpha value is -2.81. The number of halogens is 2. The highest BCUT2D eigenvalue weighted by Crippen LogP contribution is 2.39. The van der Waals surface area contributed by atoms with Crippen LogP contribution in [0.25, 0.3) is 11.0 Å². The molecule has 1 fully saturated rings. The Balaban J connectivity index is 0.00000160. The molecule has 37 heavy (non-hydrogen) atoms. The van der Waals surface area contributed by atoms with Crippen LogP contribution in [0.3, 0.4) is 0 Å². The van der Waals surface area contributed by atoms with Crippen molar-refractivity contribution in [2.45, 2.75) is 57.4 Å². The number of likely N-dealkylation sites (tertiary alicyclic amines) is 1. The Kier molecular flexibility index (Phi) is 8.02. The van der Waals surface area contributed by atoms with Crippen LogP contribution in [0.15, 0.2) is 40.9 Å². The lowest BCUT2D eigenvalue weighted by atomic mass is 9.86. The maximum absolute atomic E-state index is 13.5. The predicted octanol–water partition coefficient (Wildman–Crippen LogP) is 4.24. The van der Waals surface area contributed by atoms with Crippen LogP contribution in [0.5, 0.6) is 0 Å². The predicted molar refractivity (Wildman–Crippen MR) is 142 cm³/mol. The number of hydrogen-bond acceptors (Lipinski definition) is 5. The molecule has 198 valence electrons. The molecule has 0 bridgehead atoms. The number of rotatable bonds is 6. The molecular formula is C28H33ClFN3O4. The van der Waals surface area contributed by atoms with Crippen LogP contribution in [0, 0.1) is 11.7 Å². The minimum absolute atomic E-state index is 0. The number of amides is 1. The first kappa shape index (κ1) is 27.2. The number of benzene rings is 2. The summed E-state index contributed by atoms with van der Waals surface area (Å²) in [4.78, 5) is 30.5. The Morgan fingerprint density at radius 2 is 2.03 bits per heavy atom. The van der Waals surface area contributed by atoms with Gasteiger partial charge in [0.2, 0.25) is 5.91 Å². The van der Waals surface area contributed by atoms with Gasteiger partial charge in [0.25, 0.3) is 0 Å². The number of para-hydroxylation sites is 1. The van der Waals surface area contributed by atoms with Crippen LogP contribution in [0.4, 0.5) is 10.1 Å². The fourth-order valence-electron chi connectivity index (χ4n) is 6.23. The molecule has 3 aromatic rings. The number of carbonyl (C=O) groups is 2. The van der Waals surface area contributed by atoms with Crippen molar-refractivity contribution in [1.82, 2.24) is 10.1 Å². The summed E-state index contributed by atoms with van der Waals surface area (Å²) in [6.45, 7) is 4.66. The van der Waals surface area contributed by atoms with E-state index in [1.807, 2.05) is 11.0 Å². The number of Topliss-reactive ketones (excluding diaryl/α,β-unsaturated/α-hetero) is 1. The van der Waals surface area contributed by atoms with Gasteiger partial charge in [-0.2, -0.15) is 0 Å². The molecule has 1 saturated heterocycles. The molecule has 4 heterocycles. The first-order valence-corrected chi connectivity index (χ1v) is 12.7. The van der Waals surface area contributed by atoms with Gasteiger partial charge in [-0.25, -0.2) is 4.39 Å². The van der Waals surface area contributed by atoms with Crippen molar-refractivity contribution in [3.05, 3.63) is 59.0 Å². The quantitative estimate of drug-likeness (QED) is 0.445. The lowest BCUT2D eigenvalue weighted by Crippen LogP contribution is -2.44.